The summed E-state index contributed by atoms with van der Waals surface area (Å²) in [5, 5.41) is 3.43. The van der Waals surface area contributed by atoms with E-state index in [9.17, 15) is 4.39 Å². The van der Waals surface area contributed by atoms with Crippen LogP contribution in [0.4, 0.5) is 4.39 Å². The van der Waals surface area contributed by atoms with E-state index in [0.29, 0.717) is 6.04 Å². The standard InChI is InChI=1S/C14H22FN3/c1-11(14-6-5-12(15)10-17-14)18(2)13-4-3-8-16-9-7-13/h5-6,10-11,13,16H,3-4,7-9H2,1-2H3. The van der Waals surface area contributed by atoms with Crippen molar-refractivity contribution in [3.63, 3.8) is 0 Å². The molecule has 2 rings (SSSR count). The van der Waals surface area contributed by atoms with Gasteiger partial charge in [-0.25, -0.2) is 4.39 Å². The largest absolute Gasteiger partial charge is 0.317 e. The van der Waals surface area contributed by atoms with E-state index in [4.69, 9.17) is 0 Å². The molecular formula is C14H22FN3. The summed E-state index contributed by atoms with van der Waals surface area (Å²) in [5.74, 6) is -0.271. The van der Waals surface area contributed by atoms with E-state index in [2.05, 4.69) is 29.2 Å². The van der Waals surface area contributed by atoms with Gasteiger partial charge < -0.3 is 5.32 Å². The molecule has 0 spiro atoms. The number of halogens is 1. The normalized spacial score (nSPS) is 22.8. The predicted octanol–water partition coefficient (Wildman–Crippen LogP) is 2.36. The van der Waals surface area contributed by atoms with Crippen LogP contribution < -0.4 is 5.32 Å². The summed E-state index contributed by atoms with van der Waals surface area (Å²) in [4.78, 5) is 6.55. The Morgan fingerprint density at radius 2 is 2.22 bits per heavy atom. The van der Waals surface area contributed by atoms with Gasteiger partial charge in [0.15, 0.2) is 0 Å². The lowest BCUT2D eigenvalue weighted by Gasteiger charge is -2.32. The molecule has 0 amide bonds. The van der Waals surface area contributed by atoms with Gasteiger partial charge in [-0.1, -0.05) is 0 Å². The number of hydrogen-bond acceptors (Lipinski definition) is 3. The molecule has 1 aliphatic rings. The SMILES string of the molecule is CC(c1ccc(F)cn1)N(C)C1CCCNCC1. The maximum absolute atomic E-state index is 12.9. The molecule has 2 unspecified atom stereocenters. The Balaban J connectivity index is 2.02. The third kappa shape index (κ3) is 3.27. The maximum atomic E-state index is 12.9. The van der Waals surface area contributed by atoms with E-state index in [1.807, 2.05) is 0 Å². The Hall–Kier alpha value is -1.00. The van der Waals surface area contributed by atoms with Gasteiger partial charge in [0.25, 0.3) is 0 Å². The minimum Gasteiger partial charge on any atom is -0.317 e. The van der Waals surface area contributed by atoms with Crippen molar-refractivity contribution in [1.29, 1.82) is 0 Å². The second-order valence-corrected chi connectivity index (χ2v) is 5.08. The van der Waals surface area contributed by atoms with Gasteiger partial charge in [0.05, 0.1) is 11.9 Å². The molecule has 100 valence electrons. The first-order valence-electron chi connectivity index (χ1n) is 6.72. The van der Waals surface area contributed by atoms with Gasteiger partial charge in [-0.3, -0.25) is 9.88 Å². The third-order valence-electron chi connectivity index (χ3n) is 3.91. The fourth-order valence-corrected chi connectivity index (χ4v) is 2.57. The lowest BCUT2D eigenvalue weighted by molar-refractivity contribution is 0.168. The number of aromatic nitrogens is 1. The molecular weight excluding hydrogens is 229 g/mol. The van der Waals surface area contributed by atoms with Gasteiger partial charge in [-0.15, -0.1) is 0 Å². The molecule has 1 N–H and O–H groups in total. The van der Waals surface area contributed by atoms with Gasteiger partial charge in [-0.2, -0.15) is 0 Å². The lowest BCUT2D eigenvalue weighted by Crippen LogP contribution is -2.35. The van der Waals surface area contributed by atoms with Crippen LogP contribution in [0.1, 0.15) is 37.9 Å². The first-order valence-corrected chi connectivity index (χ1v) is 6.72. The fraction of sp³-hybridized carbons (Fsp3) is 0.643. The van der Waals surface area contributed by atoms with Crippen molar-refractivity contribution in [2.75, 3.05) is 20.1 Å². The van der Waals surface area contributed by atoms with Crippen LogP contribution in [0.3, 0.4) is 0 Å². The first kappa shape index (κ1) is 13.4. The molecule has 0 saturated carbocycles. The van der Waals surface area contributed by atoms with Crippen LogP contribution in [-0.4, -0.2) is 36.1 Å². The van der Waals surface area contributed by atoms with Crippen LogP contribution in [0.2, 0.25) is 0 Å². The summed E-state index contributed by atoms with van der Waals surface area (Å²) in [6, 6.07) is 4.09. The summed E-state index contributed by atoms with van der Waals surface area (Å²) >= 11 is 0. The zero-order valence-corrected chi connectivity index (χ0v) is 11.2. The minimum absolute atomic E-state index is 0.230. The van der Waals surface area contributed by atoms with E-state index in [-0.39, 0.29) is 11.9 Å². The monoisotopic (exact) mass is 251 g/mol. The predicted molar refractivity (Wildman–Crippen MR) is 70.9 cm³/mol. The smallest absolute Gasteiger partial charge is 0.141 e. The molecule has 1 saturated heterocycles. The zero-order chi connectivity index (χ0) is 13.0. The highest BCUT2D eigenvalue weighted by atomic mass is 19.1. The number of nitrogens with zero attached hydrogens (tertiary/aromatic N) is 2. The quantitative estimate of drug-likeness (QED) is 0.894. The van der Waals surface area contributed by atoms with Crippen molar-refractivity contribution in [3.8, 4) is 0 Å². The van der Waals surface area contributed by atoms with Crippen molar-refractivity contribution < 1.29 is 4.39 Å². The molecule has 2 atom stereocenters. The summed E-state index contributed by atoms with van der Waals surface area (Å²) in [6.07, 6.45) is 4.91. The summed E-state index contributed by atoms with van der Waals surface area (Å²) in [6.45, 7) is 4.34. The van der Waals surface area contributed by atoms with Crippen LogP contribution in [-0.2, 0) is 0 Å². The Morgan fingerprint density at radius 3 is 2.94 bits per heavy atom. The molecule has 18 heavy (non-hydrogen) atoms. The van der Waals surface area contributed by atoms with Crippen molar-refractivity contribution in [2.24, 2.45) is 0 Å². The molecule has 3 nitrogen and oxygen atoms in total. The van der Waals surface area contributed by atoms with Crippen molar-refractivity contribution in [1.82, 2.24) is 15.2 Å². The van der Waals surface area contributed by atoms with E-state index in [1.54, 1.807) is 6.07 Å². The van der Waals surface area contributed by atoms with Crippen LogP contribution >= 0.6 is 0 Å². The van der Waals surface area contributed by atoms with Crippen molar-refractivity contribution in [3.05, 3.63) is 29.8 Å². The molecule has 0 aromatic carbocycles. The molecule has 1 aromatic rings. The van der Waals surface area contributed by atoms with Gasteiger partial charge in [0.2, 0.25) is 0 Å². The molecule has 0 aliphatic carbocycles. The summed E-state index contributed by atoms with van der Waals surface area (Å²) in [5.41, 5.74) is 0.941. The summed E-state index contributed by atoms with van der Waals surface area (Å²) < 4.78 is 12.9. The molecule has 1 aliphatic heterocycles. The van der Waals surface area contributed by atoms with E-state index in [1.165, 1.54) is 31.5 Å². The van der Waals surface area contributed by atoms with Crippen LogP contribution in [0.5, 0.6) is 0 Å². The third-order valence-corrected chi connectivity index (χ3v) is 3.91. The second-order valence-electron chi connectivity index (χ2n) is 5.08. The number of rotatable bonds is 3. The topological polar surface area (TPSA) is 28.2 Å². The van der Waals surface area contributed by atoms with Gasteiger partial charge in [0, 0.05) is 12.1 Å². The number of hydrogen-bond donors (Lipinski definition) is 1. The first-order chi connectivity index (χ1) is 8.68. The molecule has 0 bridgehead atoms. The highest BCUT2D eigenvalue weighted by Gasteiger charge is 2.22. The average Bonchev–Trinajstić information content (AvgIpc) is 2.67. The van der Waals surface area contributed by atoms with Gasteiger partial charge >= 0.3 is 0 Å². The Morgan fingerprint density at radius 1 is 1.39 bits per heavy atom. The van der Waals surface area contributed by atoms with Crippen LogP contribution in [0, 0.1) is 5.82 Å². The maximum Gasteiger partial charge on any atom is 0.141 e. The van der Waals surface area contributed by atoms with E-state index in [0.717, 1.165) is 18.8 Å². The van der Waals surface area contributed by atoms with Gasteiger partial charge in [-0.05, 0) is 58.5 Å². The molecule has 4 heteroatoms. The van der Waals surface area contributed by atoms with Gasteiger partial charge in [0.1, 0.15) is 5.82 Å². The minimum atomic E-state index is -0.271. The average molecular weight is 251 g/mol. The van der Waals surface area contributed by atoms with Crippen molar-refractivity contribution in [2.45, 2.75) is 38.3 Å². The molecule has 1 fully saturated rings. The van der Waals surface area contributed by atoms with Crippen LogP contribution in [0.15, 0.2) is 18.3 Å². The lowest BCUT2D eigenvalue weighted by atomic mass is 10.0. The van der Waals surface area contributed by atoms with E-state index >= 15 is 0 Å². The second kappa shape index (κ2) is 6.25. The van der Waals surface area contributed by atoms with Crippen LogP contribution in [0.25, 0.3) is 0 Å². The number of pyridine rings is 1. The Labute approximate surface area is 108 Å². The fourth-order valence-electron chi connectivity index (χ4n) is 2.57. The Kier molecular flexibility index (Phi) is 4.66. The highest BCUT2D eigenvalue weighted by molar-refractivity contribution is 5.09. The van der Waals surface area contributed by atoms with E-state index < -0.39 is 0 Å². The Bertz CT molecular complexity index is 358. The molecule has 0 radical (unpaired) electrons. The molecule has 1 aromatic heterocycles. The number of nitrogens with one attached hydrogen (secondary N) is 1. The molecule has 2 heterocycles. The zero-order valence-electron chi connectivity index (χ0n) is 11.2. The highest BCUT2D eigenvalue weighted by Crippen LogP contribution is 2.23. The summed E-state index contributed by atoms with van der Waals surface area (Å²) in [7, 11) is 2.14. The van der Waals surface area contributed by atoms with Crippen molar-refractivity contribution >= 4 is 0 Å².